The van der Waals surface area contributed by atoms with Gasteiger partial charge in [-0.2, -0.15) is 0 Å². The molecule has 1 aromatic rings. The number of phenolic OH excluding ortho intramolecular Hbond substituents is 1. The van der Waals surface area contributed by atoms with Gasteiger partial charge >= 0.3 is 0 Å². The van der Waals surface area contributed by atoms with Gasteiger partial charge in [0.2, 0.25) is 5.75 Å². The normalized spacial score (nSPS) is 16.2. The van der Waals surface area contributed by atoms with Crippen molar-refractivity contribution < 1.29 is 14.6 Å². The SMILES string of the molecule is CCCN1CCC(NC(=NCc2cc(OC)c(O)c(OC)c2)NCC)CC1. The third-order valence-corrected chi connectivity index (χ3v) is 4.77. The van der Waals surface area contributed by atoms with Crippen LogP contribution in [0, 0.1) is 0 Å². The van der Waals surface area contributed by atoms with Gasteiger partial charge in [0.25, 0.3) is 0 Å². The number of piperidine rings is 1. The molecule has 1 aromatic carbocycles. The van der Waals surface area contributed by atoms with E-state index in [0.29, 0.717) is 24.1 Å². The minimum absolute atomic E-state index is 0.0107. The summed E-state index contributed by atoms with van der Waals surface area (Å²) in [5, 5.41) is 16.9. The van der Waals surface area contributed by atoms with E-state index in [1.807, 2.05) is 0 Å². The average molecular weight is 379 g/mol. The number of hydrogen-bond donors (Lipinski definition) is 3. The lowest BCUT2D eigenvalue weighted by Crippen LogP contribution is -2.48. The number of guanidine groups is 1. The lowest BCUT2D eigenvalue weighted by molar-refractivity contribution is 0.206. The summed E-state index contributed by atoms with van der Waals surface area (Å²) < 4.78 is 10.4. The summed E-state index contributed by atoms with van der Waals surface area (Å²) >= 11 is 0. The fourth-order valence-electron chi connectivity index (χ4n) is 3.34. The van der Waals surface area contributed by atoms with E-state index >= 15 is 0 Å². The minimum atomic E-state index is 0.0107. The van der Waals surface area contributed by atoms with Crippen molar-refractivity contribution in [1.29, 1.82) is 0 Å². The quantitative estimate of drug-likeness (QED) is 0.476. The van der Waals surface area contributed by atoms with E-state index in [9.17, 15) is 5.11 Å². The van der Waals surface area contributed by atoms with Crippen LogP contribution in [0.5, 0.6) is 17.2 Å². The maximum absolute atomic E-state index is 10.0. The molecule has 0 saturated carbocycles. The summed E-state index contributed by atoms with van der Waals surface area (Å²) in [7, 11) is 3.05. The Morgan fingerprint density at radius 1 is 1.19 bits per heavy atom. The van der Waals surface area contributed by atoms with Crippen LogP contribution >= 0.6 is 0 Å². The Labute approximate surface area is 162 Å². The Morgan fingerprint density at radius 3 is 2.33 bits per heavy atom. The van der Waals surface area contributed by atoms with Crippen LogP contribution in [0.3, 0.4) is 0 Å². The molecule has 7 nitrogen and oxygen atoms in total. The number of likely N-dealkylation sites (tertiary alicyclic amines) is 1. The molecule has 27 heavy (non-hydrogen) atoms. The third kappa shape index (κ3) is 6.20. The molecular formula is C20H34N4O3. The van der Waals surface area contributed by atoms with Gasteiger partial charge in [0.05, 0.1) is 20.8 Å². The van der Waals surface area contributed by atoms with Crippen molar-refractivity contribution in [3.8, 4) is 17.2 Å². The first kappa shape index (κ1) is 21.2. The van der Waals surface area contributed by atoms with Gasteiger partial charge in [-0.05, 0) is 50.4 Å². The van der Waals surface area contributed by atoms with Crippen molar-refractivity contribution in [2.24, 2.45) is 4.99 Å². The van der Waals surface area contributed by atoms with Crippen LogP contribution in [0.15, 0.2) is 17.1 Å². The summed E-state index contributed by atoms with van der Waals surface area (Å²) in [6, 6.07) is 4.02. The zero-order valence-electron chi connectivity index (χ0n) is 17.0. The summed E-state index contributed by atoms with van der Waals surface area (Å²) in [6.07, 6.45) is 3.47. The van der Waals surface area contributed by atoms with Crippen molar-refractivity contribution in [3.63, 3.8) is 0 Å². The molecule has 2 rings (SSSR count). The Bertz CT molecular complexity index is 588. The fourth-order valence-corrected chi connectivity index (χ4v) is 3.34. The van der Waals surface area contributed by atoms with E-state index < -0.39 is 0 Å². The molecule has 0 aliphatic carbocycles. The standard InChI is InChI=1S/C20H34N4O3/c1-5-9-24-10-7-16(8-11-24)23-20(21-6-2)22-14-15-12-17(26-3)19(25)18(13-15)27-4/h12-13,16,25H,5-11,14H2,1-4H3,(H2,21,22,23). The average Bonchev–Trinajstić information content (AvgIpc) is 2.68. The molecule has 1 aliphatic heterocycles. The zero-order chi connectivity index (χ0) is 19.6. The van der Waals surface area contributed by atoms with Crippen LogP contribution in [-0.4, -0.2) is 62.4 Å². The van der Waals surface area contributed by atoms with E-state index in [1.165, 1.54) is 27.2 Å². The number of rotatable bonds is 8. The maximum Gasteiger partial charge on any atom is 0.200 e. The van der Waals surface area contributed by atoms with Gasteiger partial charge in [-0.15, -0.1) is 0 Å². The van der Waals surface area contributed by atoms with Crippen LogP contribution < -0.4 is 20.1 Å². The van der Waals surface area contributed by atoms with Crippen LogP contribution in [0.1, 0.15) is 38.7 Å². The van der Waals surface area contributed by atoms with E-state index in [4.69, 9.17) is 14.5 Å². The van der Waals surface area contributed by atoms with E-state index in [2.05, 4.69) is 29.4 Å². The first-order valence-corrected chi connectivity index (χ1v) is 9.82. The van der Waals surface area contributed by atoms with Crippen LogP contribution in [0.2, 0.25) is 0 Å². The zero-order valence-corrected chi connectivity index (χ0v) is 17.0. The number of ether oxygens (including phenoxy) is 2. The second kappa shape index (κ2) is 10.9. The highest BCUT2D eigenvalue weighted by molar-refractivity contribution is 5.80. The smallest absolute Gasteiger partial charge is 0.200 e. The molecular weight excluding hydrogens is 344 g/mol. The molecule has 1 heterocycles. The van der Waals surface area contributed by atoms with Crippen molar-refractivity contribution in [2.75, 3.05) is 40.4 Å². The number of methoxy groups -OCH3 is 2. The lowest BCUT2D eigenvalue weighted by Gasteiger charge is -2.32. The van der Waals surface area contributed by atoms with Gasteiger partial charge in [0.1, 0.15) is 0 Å². The van der Waals surface area contributed by atoms with Crippen molar-refractivity contribution in [2.45, 2.75) is 45.7 Å². The Hall–Kier alpha value is -2.15. The first-order chi connectivity index (χ1) is 13.1. The highest BCUT2D eigenvalue weighted by Crippen LogP contribution is 2.37. The molecule has 1 saturated heterocycles. The van der Waals surface area contributed by atoms with E-state index in [1.54, 1.807) is 12.1 Å². The van der Waals surface area contributed by atoms with Crippen molar-refractivity contribution in [3.05, 3.63) is 17.7 Å². The Balaban J connectivity index is 2.01. The largest absolute Gasteiger partial charge is 0.502 e. The highest BCUT2D eigenvalue weighted by atomic mass is 16.5. The van der Waals surface area contributed by atoms with E-state index in [0.717, 1.165) is 44.0 Å². The van der Waals surface area contributed by atoms with Gasteiger partial charge in [-0.25, -0.2) is 4.99 Å². The van der Waals surface area contributed by atoms with E-state index in [-0.39, 0.29) is 5.75 Å². The number of aliphatic imine (C=N–C) groups is 1. The molecule has 0 unspecified atom stereocenters. The Morgan fingerprint density at radius 2 is 1.81 bits per heavy atom. The maximum atomic E-state index is 10.0. The monoisotopic (exact) mass is 378 g/mol. The molecule has 0 radical (unpaired) electrons. The van der Waals surface area contributed by atoms with Gasteiger partial charge in [0, 0.05) is 25.7 Å². The summed E-state index contributed by atoms with van der Waals surface area (Å²) in [5.74, 6) is 1.61. The number of nitrogens with one attached hydrogen (secondary N) is 2. The molecule has 1 aliphatic rings. The summed E-state index contributed by atoms with van der Waals surface area (Å²) in [6.45, 7) is 9.03. The number of phenols is 1. The van der Waals surface area contributed by atoms with Crippen LogP contribution in [0.4, 0.5) is 0 Å². The minimum Gasteiger partial charge on any atom is -0.502 e. The van der Waals surface area contributed by atoms with Crippen molar-refractivity contribution in [1.82, 2.24) is 15.5 Å². The predicted octanol–water partition coefficient (Wildman–Crippen LogP) is 2.34. The second-order valence-corrected chi connectivity index (χ2v) is 6.80. The number of benzene rings is 1. The van der Waals surface area contributed by atoms with Crippen molar-refractivity contribution >= 4 is 5.96 Å². The molecule has 0 spiro atoms. The Kier molecular flexibility index (Phi) is 8.51. The van der Waals surface area contributed by atoms with Gasteiger partial charge in [-0.3, -0.25) is 0 Å². The molecule has 7 heteroatoms. The number of nitrogens with zero attached hydrogens (tertiary/aromatic N) is 2. The predicted molar refractivity (Wildman–Crippen MR) is 109 cm³/mol. The summed E-state index contributed by atoms with van der Waals surface area (Å²) in [5.41, 5.74) is 0.913. The molecule has 1 fully saturated rings. The number of aromatic hydroxyl groups is 1. The molecule has 152 valence electrons. The second-order valence-electron chi connectivity index (χ2n) is 6.80. The van der Waals surface area contributed by atoms with Gasteiger partial charge < -0.3 is 30.1 Å². The fraction of sp³-hybridized carbons (Fsp3) is 0.650. The molecule has 3 N–H and O–H groups in total. The van der Waals surface area contributed by atoms with Crippen LogP contribution in [-0.2, 0) is 6.54 Å². The van der Waals surface area contributed by atoms with Crippen LogP contribution in [0.25, 0.3) is 0 Å². The summed E-state index contributed by atoms with van der Waals surface area (Å²) in [4.78, 5) is 7.23. The topological polar surface area (TPSA) is 78.4 Å². The molecule has 0 amide bonds. The number of hydrogen-bond acceptors (Lipinski definition) is 5. The first-order valence-electron chi connectivity index (χ1n) is 9.82. The van der Waals surface area contributed by atoms with Gasteiger partial charge in [0.15, 0.2) is 17.5 Å². The lowest BCUT2D eigenvalue weighted by atomic mass is 10.1. The molecule has 0 atom stereocenters. The molecule has 0 bridgehead atoms. The van der Waals surface area contributed by atoms with Gasteiger partial charge in [-0.1, -0.05) is 6.92 Å². The highest BCUT2D eigenvalue weighted by Gasteiger charge is 2.19. The third-order valence-electron chi connectivity index (χ3n) is 4.77. The molecule has 0 aromatic heterocycles.